The summed E-state index contributed by atoms with van der Waals surface area (Å²) in [5.74, 6) is 0.527. The predicted octanol–water partition coefficient (Wildman–Crippen LogP) is 2.74. The van der Waals surface area contributed by atoms with E-state index in [0.29, 0.717) is 5.89 Å². The molecular formula is C14H12N4O. The van der Waals surface area contributed by atoms with Crippen molar-refractivity contribution in [2.24, 2.45) is 0 Å². The van der Waals surface area contributed by atoms with Crippen molar-refractivity contribution < 1.29 is 4.42 Å². The first-order chi connectivity index (χ1) is 9.42. The molecule has 5 nitrogen and oxygen atoms in total. The van der Waals surface area contributed by atoms with Gasteiger partial charge in [-0.1, -0.05) is 6.07 Å². The molecule has 0 fully saturated rings. The summed E-state index contributed by atoms with van der Waals surface area (Å²) in [4.78, 5) is 4.08. The second-order valence-corrected chi connectivity index (χ2v) is 4.04. The molecule has 0 aliphatic carbocycles. The second kappa shape index (κ2) is 5.30. The van der Waals surface area contributed by atoms with Crippen molar-refractivity contribution >= 4 is 5.69 Å². The Bertz CT molecular complexity index is 620. The molecule has 3 rings (SSSR count). The van der Waals surface area contributed by atoms with E-state index in [9.17, 15) is 0 Å². The van der Waals surface area contributed by atoms with E-state index in [2.05, 4.69) is 20.5 Å². The van der Waals surface area contributed by atoms with Gasteiger partial charge >= 0.3 is 0 Å². The number of nitrogens with zero attached hydrogens (tertiary/aromatic N) is 3. The first kappa shape index (κ1) is 11.4. The molecule has 0 saturated heterocycles. The lowest BCUT2D eigenvalue weighted by molar-refractivity contribution is 0.568. The summed E-state index contributed by atoms with van der Waals surface area (Å²) in [5, 5.41) is 10.8. The Morgan fingerprint density at radius 3 is 2.68 bits per heavy atom. The highest BCUT2D eigenvalue weighted by atomic mass is 16.4. The van der Waals surface area contributed by atoms with E-state index in [1.165, 1.54) is 6.39 Å². The second-order valence-electron chi connectivity index (χ2n) is 4.04. The number of pyridine rings is 1. The van der Waals surface area contributed by atoms with Crippen LogP contribution < -0.4 is 5.32 Å². The van der Waals surface area contributed by atoms with Gasteiger partial charge in [-0.2, -0.15) is 0 Å². The monoisotopic (exact) mass is 252 g/mol. The summed E-state index contributed by atoms with van der Waals surface area (Å²) in [6.45, 7) is 0.744. The topological polar surface area (TPSA) is 63.8 Å². The summed E-state index contributed by atoms with van der Waals surface area (Å²) in [6.07, 6.45) is 4.94. The fourth-order valence-electron chi connectivity index (χ4n) is 1.74. The number of nitrogens with one attached hydrogen (secondary N) is 1. The number of anilines is 1. The zero-order chi connectivity index (χ0) is 12.9. The normalized spacial score (nSPS) is 10.3. The van der Waals surface area contributed by atoms with E-state index >= 15 is 0 Å². The standard InChI is InChI=1S/C14H12N4O/c1-2-11(8-15-7-1)9-16-13-5-3-12(4-6-13)14-18-17-10-19-14/h1-8,10,16H,9H2. The van der Waals surface area contributed by atoms with Crippen LogP contribution in [0.2, 0.25) is 0 Å². The number of hydrogen-bond acceptors (Lipinski definition) is 5. The Morgan fingerprint density at radius 2 is 2.00 bits per heavy atom. The quantitative estimate of drug-likeness (QED) is 0.773. The molecule has 0 atom stereocenters. The minimum absolute atomic E-state index is 0.527. The molecule has 0 amide bonds. The van der Waals surface area contributed by atoms with Gasteiger partial charge in [-0.25, -0.2) is 0 Å². The van der Waals surface area contributed by atoms with Crippen molar-refractivity contribution in [3.05, 3.63) is 60.7 Å². The van der Waals surface area contributed by atoms with Gasteiger partial charge in [0.25, 0.3) is 0 Å². The smallest absolute Gasteiger partial charge is 0.247 e. The van der Waals surface area contributed by atoms with Gasteiger partial charge in [-0.15, -0.1) is 10.2 Å². The summed E-state index contributed by atoms with van der Waals surface area (Å²) < 4.78 is 5.14. The number of benzene rings is 1. The van der Waals surface area contributed by atoms with Gasteiger partial charge < -0.3 is 9.73 Å². The number of hydrogen-bond donors (Lipinski definition) is 1. The third-order valence-corrected chi connectivity index (χ3v) is 2.71. The molecule has 2 aromatic heterocycles. The van der Waals surface area contributed by atoms with E-state index in [1.54, 1.807) is 6.20 Å². The molecule has 0 radical (unpaired) electrons. The van der Waals surface area contributed by atoms with Crippen molar-refractivity contribution in [1.82, 2.24) is 15.2 Å². The van der Waals surface area contributed by atoms with Crippen molar-refractivity contribution in [3.8, 4) is 11.5 Å². The lowest BCUT2D eigenvalue weighted by Gasteiger charge is -2.06. The van der Waals surface area contributed by atoms with Crippen molar-refractivity contribution in [2.75, 3.05) is 5.32 Å². The molecule has 19 heavy (non-hydrogen) atoms. The minimum atomic E-state index is 0.527. The average molecular weight is 252 g/mol. The van der Waals surface area contributed by atoms with Gasteiger partial charge in [-0.05, 0) is 35.9 Å². The first-order valence-electron chi connectivity index (χ1n) is 5.91. The van der Waals surface area contributed by atoms with Gasteiger partial charge in [0, 0.05) is 30.2 Å². The molecule has 3 aromatic rings. The Kier molecular flexibility index (Phi) is 3.18. The summed E-state index contributed by atoms with van der Waals surface area (Å²) >= 11 is 0. The molecular weight excluding hydrogens is 240 g/mol. The number of rotatable bonds is 4. The molecule has 1 N–H and O–H groups in total. The molecule has 94 valence electrons. The zero-order valence-corrected chi connectivity index (χ0v) is 10.2. The molecule has 0 aliphatic rings. The van der Waals surface area contributed by atoms with Gasteiger partial charge in [0.1, 0.15) is 0 Å². The Balaban J connectivity index is 1.67. The van der Waals surface area contributed by atoms with Gasteiger partial charge in [-0.3, -0.25) is 4.98 Å². The Morgan fingerprint density at radius 1 is 1.11 bits per heavy atom. The van der Waals surface area contributed by atoms with Crippen LogP contribution in [-0.4, -0.2) is 15.2 Å². The van der Waals surface area contributed by atoms with Crippen LogP contribution in [0.3, 0.4) is 0 Å². The van der Waals surface area contributed by atoms with Crippen LogP contribution in [0.5, 0.6) is 0 Å². The SMILES string of the molecule is c1cncc(CNc2ccc(-c3nnco3)cc2)c1. The van der Waals surface area contributed by atoms with Gasteiger partial charge in [0.15, 0.2) is 0 Å². The van der Waals surface area contributed by atoms with Crippen LogP contribution in [0.1, 0.15) is 5.56 Å². The van der Waals surface area contributed by atoms with E-state index < -0.39 is 0 Å². The molecule has 0 unspecified atom stereocenters. The molecule has 0 aliphatic heterocycles. The van der Waals surface area contributed by atoms with E-state index in [4.69, 9.17) is 4.42 Å². The first-order valence-corrected chi connectivity index (χ1v) is 5.91. The van der Waals surface area contributed by atoms with E-state index in [0.717, 1.165) is 23.4 Å². The molecule has 1 aromatic carbocycles. The van der Waals surface area contributed by atoms with Crippen molar-refractivity contribution in [2.45, 2.75) is 6.54 Å². The fourth-order valence-corrected chi connectivity index (χ4v) is 1.74. The van der Waals surface area contributed by atoms with Crippen LogP contribution in [0, 0.1) is 0 Å². The van der Waals surface area contributed by atoms with Gasteiger partial charge in [0.05, 0.1) is 0 Å². The van der Waals surface area contributed by atoms with Crippen LogP contribution in [0.15, 0.2) is 59.6 Å². The fraction of sp³-hybridized carbons (Fsp3) is 0.0714. The van der Waals surface area contributed by atoms with Crippen LogP contribution in [0.4, 0.5) is 5.69 Å². The summed E-state index contributed by atoms with van der Waals surface area (Å²) in [7, 11) is 0. The molecule has 0 saturated carbocycles. The average Bonchev–Trinajstić information content (AvgIpc) is 3.01. The maximum atomic E-state index is 5.14. The van der Waals surface area contributed by atoms with Crippen molar-refractivity contribution in [3.63, 3.8) is 0 Å². The highest BCUT2D eigenvalue weighted by Crippen LogP contribution is 2.19. The third kappa shape index (κ3) is 2.77. The van der Waals surface area contributed by atoms with Crippen molar-refractivity contribution in [1.29, 1.82) is 0 Å². The third-order valence-electron chi connectivity index (χ3n) is 2.71. The van der Waals surface area contributed by atoms with Crippen LogP contribution in [-0.2, 0) is 6.54 Å². The molecule has 2 heterocycles. The minimum Gasteiger partial charge on any atom is -0.423 e. The highest BCUT2D eigenvalue weighted by molar-refractivity contribution is 5.58. The highest BCUT2D eigenvalue weighted by Gasteiger charge is 2.02. The Labute approximate surface area is 110 Å². The molecule has 5 heteroatoms. The summed E-state index contributed by atoms with van der Waals surface area (Å²) in [6, 6.07) is 11.8. The van der Waals surface area contributed by atoms with Crippen LogP contribution >= 0.6 is 0 Å². The number of aromatic nitrogens is 3. The predicted molar refractivity (Wildman–Crippen MR) is 71.3 cm³/mol. The van der Waals surface area contributed by atoms with E-state index in [-0.39, 0.29) is 0 Å². The lowest BCUT2D eigenvalue weighted by Crippen LogP contribution is -1.99. The largest absolute Gasteiger partial charge is 0.423 e. The van der Waals surface area contributed by atoms with Crippen LogP contribution in [0.25, 0.3) is 11.5 Å². The summed E-state index contributed by atoms with van der Waals surface area (Å²) in [5.41, 5.74) is 3.08. The zero-order valence-electron chi connectivity index (χ0n) is 10.2. The maximum Gasteiger partial charge on any atom is 0.247 e. The van der Waals surface area contributed by atoms with E-state index in [1.807, 2.05) is 42.6 Å². The lowest BCUT2D eigenvalue weighted by atomic mass is 10.2. The van der Waals surface area contributed by atoms with Gasteiger partial charge in [0.2, 0.25) is 12.3 Å². The molecule has 0 bridgehead atoms. The molecule has 0 spiro atoms. The Hall–Kier alpha value is -2.69. The maximum absolute atomic E-state index is 5.14.